The van der Waals surface area contributed by atoms with E-state index in [-0.39, 0.29) is 48.9 Å². The Morgan fingerprint density at radius 2 is 1.80 bits per heavy atom. The van der Waals surface area contributed by atoms with Crippen LogP contribution < -0.4 is 0 Å². The number of carbonyl (C=O) groups excluding carboxylic acids is 2. The first-order valence-electron chi connectivity index (χ1n) is 15.4. The molecule has 242 valence electrons. The minimum absolute atomic E-state index is 0.00854. The fourth-order valence-electron chi connectivity index (χ4n) is 6.53. The van der Waals surface area contributed by atoms with Crippen molar-refractivity contribution < 1.29 is 28.2 Å². The van der Waals surface area contributed by atoms with E-state index < -0.39 is 33.6 Å². The minimum atomic E-state index is -3.49. The molecule has 4 rings (SSSR count). The van der Waals surface area contributed by atoms with E-state index in [1.807, 2.05) is 49.1 Å². The number of likely N-dealkylation sites (tertiary alicyclic amines) is 1. The van der Waals surface area contributed by atoms with Crippen LogP contribution in [0.4, 0.5) is 0 Å². The van der Waals surface area contributed by atoms with Gasteiger partial charge in [0.2, 0.25) is 15.9 Å². The van der Waals surface area contributed by atoms with Gasteiger partial charge in [-0.25, -0.2) is 12.7 Å². The Morgan fingerprint density at radius 1 is 1.11 bits per heavy atom. The molecule has 2 aliphatic rings. The van der Waals surface area contributed by atoms with Crippen molar-refractivity contribution in [3.05, 3.63) is 69.7 Å². The molecule has 0 bridgehead atoms. The van der Waals surface area contributed by atoms with Crippen LogP contribution in [-0.2, 0) is 19.6 Å². The summed E-state index contributed by atoms with van der Waals surface area (Å²) in [6.07, 6.45) is 2.18. The highest BCUT2D eigenvalue weighted by Gasteiger charge is 2.52. The minimum Gasteiger partial charge on any atom is -0.394 e. The van der Waals surface area contributed by atoms with Crippen LogP contribution in [0.15, 0.2) is 48.5 Å². The van der Waals surface area contributed by atoms with Crippen molar-refractivity contribution in [2.24, 2.45) is 5.41 Å². The lowest BCUT2D eigenvalue weighted by molar-refractivity contribution is -0.157. The Balaban J connectivity index is 1.77. The number of rotatable bonds is 15. The first-order chi connectivity index (χ1) is 20.8. The molecule has 8 nitrogen and oxygen atoms in total. The van der Waals surface area contributed by atoms with Crippen molar-refractivity contribution in [3.63, 3.8) is 0 Å². The van der Waals surface area contributed by atoms with Gasteiger partial charge in [-0.3, -0.25) is 9.59 Å². The maximum atomic E-state index is 14.8. The highest BCUT2D eigenvalue weighted by atomic mass is 35.5. The van der Waals surface area contributed by atoms with Gasteiger partial charge in [-0.15, -0.1) is 0 Å². The van der Waals surface area contributed by atoms with E-state index in [0.29, 0.717) is 48.6 Å². The Morgan fingerprint density at radius 3 is 2.39 bits per heavy atom. The SMILES string of the molecule is CC[C@@H](CN(C)S(=O)(=O)C1CC1)N1C(=O)[C@@](C)(CC(=O)CCCC(O)CO)C[C@H](c2cccc(Cl)c2)[C@H]1c1ccc(Cl)cc1. The molecular formula is C33H44Cl2N2O6S. The van der Waals surface area contributed by atoms with E-state index in [1.54, 1.807) is 25.2 Å². The molecule has 1 aliphatic heterocycles. The maximum Gasteiger partial charge on any atom is 0.229 e. The summed E-state index contributed by atoms with van der Waals surface area (Å²) >= 11 is 12.7. The number of halogens is 2. The van der Waals surface area contributed by atoms with Crippen molar-refractivity contribution in [2.45, 2.75) is 94.6 Å². The lowest BCUT2D eigenvalue weighted by Crippen LogP contribution is -2.58. The van der Waals surface area contributed by atoms with Gasteiger partial charge in [0.15, 0.2) is 0 Å². The van der Waals surface area contributed by atoms with Crippen LogP contribution in [0.1, 0.15) is 88.3 Å². The predicted octanol–water partition coefficient (Wildman–Crippen LogP) is 5.74. The third-order valence-corrected chi connectivity index (χ3v) is 11.9. The second-order valence-corrected chi connectivity index (χ2v) is 15.9. The fraction of sp³-hybridized carbons (Fsp3) is 0.576. The molecule has 1 saturated carbocycles. The van der Waals surface area contributed by atoms with E-state index in [0.717, 1.165) is 11.1 Å². The Hall–Kier alpha value is -2.01. The summed E-state index contributed by atoms with van der Waals surface area (Å²) in [7, 11) is -1.90. The van der Waals surface area contributed by atoms with Crippen molar-refractivity contribution in [1.82, 2.24) is 9.21 Å². The van der Waals surface area contributed by atoms with Crippen LogP contribution in [0.3, 0.4) is 0 Å². The predicted molar refractivity (Wildman–Crippen MR) is 173 cm³/mol. The zero-order valence-corrected chi connectivity index (χ0v) is 28.0. The number of carbonyl (C=O) groups is 2. The molecule has 0 aromatic heterocycles. The number of likely N-dealkylation sites (N-methyl/N-ethyl adjacent to an activating group) is 1. The molecule has 1 saturated heterocycles. The van der Waals surface area contributed by atoms with Gasteiger partial charge in [0.05, 0.1) is 29.4 Å². The smallest absolute Gasteiger partial charge is 0.229 e. The van der Waals surface area contributed by atoms with Gasteiger partial charge in [-0.2, -0.15) is 0 Å². The van der Waals surface area contributed by atoms with Crippen molar-refractivity contribution >= 4 is 44.9 Å². The number of nitrogens with zero attached hydrogens (tertiary/aromatic N) is 2. The van der Waals surface area contributed by atoms with Crippen LogP contribution in [0.2, 0.25) is 10.0 Å². The van der Waals surface area contributed by atoms with Crippen LogP contribution >= 0.6 is 23.2 Å². The van der Waals surface area contributed by atoms with Crippen LogP contribution in [0.25, 0.3) is 0 Å². The number of benzene rings is 2. The van der Waals surface area contributed by atoms with Gasteiger partial charge in [-0.05, 0) is 73.9 Å². The van der Waals surface area contributed by atoms with Crippen molar-refractivity contribution in [3.8, 4) is 0 Å². The Labute approximate surface area is 271 Å². The van der Waals surface area contributed by atoms with E-state index >= 15 is 0 Å². The molecule has 2 aromatic carbocycles. The first kappa shape index (κ1) is 34.9. The molecule has 2 fully saturated rings. The summed E-state index contributed by atoms with van der Waals surface area (Å²) in [6.45, 7) is 3.55. The highest BCUT2D eigenvalue weighted by Crippen LogP contribution is 2.52. The molecule has 0 radical (unpaired) electrons. The van der Waals surface area contributed by atoms with Gasteiger partial charge < -0.3 is 15.1 Å². The van der Waals surface area contributed by atoms with E-state index in [4.69, 9.17) is 28.3 Å². The Bertz CT molecular complexity index is 1420. The van der Waals surface area contributed by atoms with E-state index in [1.165, 1.54) is 4.31 Å². The van der Waals surface area contributed by atoms with Crippen LogP contribution in [0, 0.1) is 5.41 Å². The van der Waals surface area contributed by atoms with Crippen LogP contribution in [0.5, 0.6) is 0 Å². The highest BCUT2D eigenvalue weighted by molar-refractivity contribution is 7.90. The average molecular weight is 668 g/mol. The quantitative estimate of drug-likeness (QED) is 0.250. The Kier molecular flexibility index (Phi) is 11.6. The van der Waals surface area contributed by atoms with Gasteiger partial charge in [-0.1, -0.05) is 61.3 Å². The fourth-order valence-corrected chi connectivity index (χ4v) is 8.48. The number of sulfonamides is 1. The lowest BCUT2D eigenvalue weighted by Gasteiger charge is -2.52. The van der Waals surface area contributed by atoms with Crippen molar-refractivity contribution in [2.75, 3.05) is 20.2 Å². The summed E-state index contributed by atoms with van der Waals surface area (Å²) in [5.41, 5.74) is 0.725. The number of hydrogen-bond donors (Lipinski definition) is 2. The van der Waals surface area contributed by atoms with E-state index in [2.05, 4.69) is 0 Å². The third kappa shape index (κ3) is 8.03. The summed E-state index contributed by atoms with van der Waals surface area (Å²) in [5.74, 6) is -0.535. The van der Waals surface area contributed by atoms with Gasteiger partial charge in [0, 0.05) is 48.4 Å². The molecule has 44 heavy (non-hydrogen) atoms. The molecular weight excluding hydrogens is 623 g/mol. The number of Topliss-reactive ketones (excluding diaryl/α,β-unsaturated/α-hetero) is 1. The summed E-state index contributed by atoms with van der Waals surface area (Å²) in [4.78, 5) is 29.9. The van der Waals surface area contributed by atoms with Gasteiger partial charge in [0.1, 0.15) is 5.78 Å². The summed E-state index contributed by atoms with van der Waals surface area (Å²) in [6, 6.07) is 14.0. The van der Waals surface area contributed by atoms with Gasteiger partial charge in [0.25, 0.3) is 0 Å². The molecule has 5 atom stereocenters. The summed E-state index contributed by atoms with van der Waals surface area (Å²) < 4.78 is 27.7. The molecule has 0 spiro atoms. The third-order valence-electron chi connectivity index (χ3n) is 9.09. The molecule has 1 unspecified atom stereocenters. The first-order valence-corrected chi connectivity index (χ1v) is 17.7. The number of amides is 1. The lowest BCUT2D eigenvalue weighted by atomic mass is 9.66. The number of aliphatic hydroxyl groups excluding tert-OH is 2. The average Bonchev–Trinajstić information content (AvgIpc) is 3.84. The zero-order chi connectivity index (χ0) is 32.2. The molecule has 1 amide bonds. The monoisotopic (exact) mass is 666 g/mol. The van der Waals surface area contributed by atoms with Crippen molar-refractivity contribution in [1.29, 1.82) is 0 Å². The maximum absolute atomic E-state index is 14.8. The molecule has 1 heterocycles. The second kappa shape index (κ2) is 14.6. The van der Waals surface area contributed by atoms with E-state index in [9.17, 15) is 23.1 Å². The molecule has 2 N–H and O–H groups in total. The number of ketones is 1. The van der Waals surface area contributed by atoms with Gasteiger partial charge >= 0.3 is 0 Å². The molecule has 2 aromatic rings. The number of aliphatic hydroxyl groups is 2. The standard InChI is InChI=1S/C33H44Cl2N2O6S/c1-4-26(20-36(3)44(42,43)29-15-16-29)37-31(22-11-13-24(34)14-12-22)30(23-7-5-8-25(35)17-23)19-33(2,32(37)41)18-27(39)9-6-10-28(40)21-38/h5,7-8,11-14,17,26,28-31,38,40H,4,6,9-10,15-16,18-21H2,1-3H3/t26-,28?,30+,31+,33-/m0/s1. The number of hydrogen-bond acceptors (Lipinski definition) is 6. The zero-order valence-electron chi connectivity index (χ0n) is 25.7. The topological polar surface area (TPSA) is 115 Å². The van der Waals surface area contributed by atoms with Crippen LogP contribution in [-0.4, -0.2) is 77.1 Å². The largest absolute Gasteiger partial charge is 0.394 e. The molecule has 11 heteroatoms. The summed E-state index contributed by atoms with van der Waals surface area (Å²) in [5, 5.41) is 19.6. The second-order valence-electron chi connectivity index (χ2n) is 12.7. The number of piperidine rings is 1. The normalized spacial score (nSPS) is 24.0. The molecule has 1 aliphatic carbocycles.